The monoisotopic (exact) mass is 361 g/mol. The lowest BCUT2D eigenvalue weighted by atomic mass is 10.0. The molecule has 1 unspecified atom stereocenters. The van der Waals surface area contributed by atoms with E-state index in [0.29, 0.717) is 17.5 Å². The molecule has 1 rings (SSSR count). The van der Waals surface area contributed by atoms with Gasteiger partial charge in [-0.1, -0.05) is 26.0 Å². The molecule has 3 N–H and O–H groups in total. The third-order valence-corrected chi connectivity index (χ3v) is 4.32. The number of likely N-dealkylation sites (N-methyl/N-ethyl adjacent to an activating group) is 1. The van der Waals surface area contributed by atoms with Crippen molar-refractivity contribution in [2.24, 2.45) is 10.9 Å². The van der Waals surface area contributed by atoms with Gasteiger partial charge in [0.15, 0.2) is 5.96 Å². The number of carbonyl (C=O) groups is 1. The lowest BCUT2D eigenvalue weighted by Gasteiger charge is -2.27. The largest absolute Gasteiger partial charge is 0.356 e. The van der Waals surface area contributed by atoms with Crippen molar-refractivity contribution < 1.29 is 4.79 Å². The molecule has 6 nitrogen and oxygen atoms in total. The van der Waals surface area contributed by atoms with Crippen molar-refractivity contribution in [3.8, 4) is 0 Å². The van der Waals surface area contributed by atoms with Crippen molar-refractivity contribution in [2.75, 3.05) is 41.3 Å². The first-order valence-electron chi connectivity index (χ1n) is 9.29. The molecule has 1 atom stereocenters. The SMILES string of the molecule is CN=C(NCCc1cccc(C(=O)NC)c1)NCC(CC(C)C)N(C)C. The number of nitrogens with zero attached hydrogens (tertiary/aromatic N) is 2. The highest BCUT2D eigenvalue weighted by atomic mass is 16.1. The Bertz CT molecular complexity index is 583. The van der Waals surface area contributed by atoms with Crippen LogP contribution in [0.15, 0.2) is 29.3 Å². The van der Waals surface area contributed by atoms with Crippen molar-refractivity contribution in [1.82, 2.24) is 20.9 Å². The molecule has 146 valence electrons. The van der Waals surface area contributed by atoms with Gasteiger partial charge in [-0.15, -0.1) is 0 Å². The van der Waals surface area contributed by atoms with Gasteiger partial charge in [0.2, 0.25) is 0 Å². The summed E-state index contributed by atoms with van der Waals surface area (Å²) in [5, 5.41) is 9.42. The van der Waals surface area contributed by atoms with Crippen LogP contribution in [0.5, 0.6) is 0 Å². The zero-order valence-electron chi connectivity index (χ0n) is 17.1. The van der Waals surface area contributed by atoms with Crippen LogP contribution in [0.1, 0.15) is 36.2 Å². The molecular weight excluding hydrogens is 326 g/mol. The highest BCUT2D eigenvalue weighted by molar-refractivity contribution is 5.94. The molecule has 6 heteroatoms. The maximum atomic E-state index is 11.7. The van der Waals surface area contributed by atoms with E-state index in [0.717, 1.165) is 37.5 Å². The molecule has 0 aliphatic rings. The van der Waals surface area contributed by atoms with Crippen molar-refractivity contribution in [1.29, 1.82) is 0 Å². The van der Waals surface area contributed by atoms with Crippen LogP contribution in [0.3, 0.4) is 0 Å². The van der Waals surface area contributed by atoms with Crippen LogP contribution >= 0.6 is 0 Å². The van der Waals surface area contributed by atoms with E-state index in [-0.39, 0.29) is 5.91 Å². The molecule has 0 spiro atoms. The fraction of sp³-hybridized carbons (Fsp3) is 0.600. The maximum Gasteiger partial charge on any atom is 0.251 e. The second kappa shape index (κ2) is 11.5. The number of aliphatic imine (C=N–C) groups is 1. The van der Waals surface area contributed by atoms with E-state index in [9.17, 15) is 4.79 Å². The predicted octanol–water partition coefficient (Wildman–Crippen LogP) is 1.73. The van der Waals surface area contributed by atoms with Crippen LogP contribution in [0.25, 0.3) is 0 Å². The van der Waals surface area contributed by atoms with E-state index in [1.165, 1.54) is 0 Å². The zero-order chi connectivity index (χ0) is 19.5. The third-order valence-electron chi connectivity index (χ3n) is 4.32. The summed E-state index contributed by atoms with van der Waals surface area (Å²) in [5.74, 6) is 1.41. The van der Waals surface area contributed by atoms with Gasteiger partial charge in [0.25, 0.3) is 5.91 Å². The highest BCUT2D eigenvalue weighted by Crippen LogP contribution is 2.08. The maximum absolute atomic E-state index is 11.7. The number of guanidine groups is 1. The molecule has 0 radical (unpaired) electrons. The smallest absolute Gasteiger partial charge is 0.251 e. The number of nitrogens with one attached hydrogen (secondary N) is 3. The second-order valence-corrected chi connectivity index (χ2v) is 7.16. The second-order valence-electron chi connectivity index (χ2n) is 7.16. The molecule has 26 heavy (non-hydrogen) atoms. The van der Waals surface area contributed by atoms with Crippen LogP contribution in [-0.4, -0.2) is 64.1 Å². The Morgan fingerprint density at radius 2 is 1.96 bits per heavy atom. The molecule has 0 saturated carbocycles. The van der Waals surface area contributed by atoms with Crippen molar-refractivity contribution in [3.63, 3.8) is 0 Å². The third kappa shape index (κ3) is 7.87. The molecule has 0 aliphatic carbocycles. The average Bonchev–Trinajstić information content (AvgIpc) is 2.62. The summed E-state index contributed by atoms with van der Waals surface area (Å²) < 4.78 is 0. The molecule has 0 aliphatic heterocycles. The van der Waals surface area contributed by atoms with Gasteiger partial charge in [-0.25, -0.2) is 0 Å². The number of hydrogen-bond acceptors (Lipinski definition) is 3. The van der Waals surface area contributed by atoms with E-state index < -0.39 is 0 Å². The number of benzene rings is 1. The van der Waals surface area contributed by atoms with Crippen molar-refractivity contribution in [3.05, 3.63) is 35.4 Å². The van der Waals surface area contributed by atoms with Gasteiger partial charge in [0.1, 0.15) is 0 Å². The van der Waals surface area contributed by atoms with Gasteiger partial charge in [-0.05, 0) is 50.6 Å². The highest BCUT2D eigenvalue weighted by Gasteiger charge is 2.13. The first-order valence-corrected chi connectivity index (χ1v) is 9.29. The first kappa shape index (κ1) is 22.0. The summed E-state index contributed by atoms with van der Waals surface area (Å²) in [6.45, 7) is 6.11. The summed E-state index contributed by atoms with van der Waals surface area (Å²) >= 11 is 0. The van der Waals surface area contributed by atoms with Gasteiger partial charge >= 0.3 is 0 Å². The van der Waals surface area contributed by atoms with Crippen LogP contribution in [-0.2, 0) is 6.42 Å². The molecule has 1 aromatic carbocycles. The predicted molar refractivity (Wildman–Crippen MR) is 110 cm³/mol. The summed E-state index contributed by atoms with van der Waals surface area (Å²) in [6, 6.07) is 8.18. The van der Waals surface area contributed by atoms with Gasteiger partial charge in [-0.2, -0.15) is 0 Å². The van der Waals surface area contributed by atoms with E-state index >= 15 is 0 Å². The molecule has 0 saturated heterocycles. The summed E-state index contributed by atoms with van der Waals surface area (Å²) in [7, 11) is 7.66. The normalized spacial score (nSPS) is 13.0. The zero-order valence-corrected chi connectivity index (χ0v) is 17.1. The Morgan fingerprint density at radius 1 is 1.23 bits per heavy atom. The van der Waals surface area contributed by atoms with Crippen LogP contribution in [0.4, 0.5) is 0 Å². The molecular formula is C20H35N5O. The Labute approximate surface area is 158 Å². The van der Waals surface area contributed by atoms with E-state index in [2.05, 4.69) is 53.8 Å². The quantitative estimate of drug-likeness (QED) is 0.463. The first-order chi connectivity index (χ1) is 12.4. The number of hydrogen-bond donors (Lipinski definition) is 3. The van der Waals surface area contributed by atoms with Crippen LogP contribution in [0, 0.1) is 5.92 Å². The molecule has 0 fully saturated rings. The van der Waals surface area contributed by atoms with Gasteiger partial charge in [0.05, 0.1) is 0 Å². The molecule has 0 bridgehead atoms. The summed E-state index contributed by atoms with van der Waals surface area (Å²) in [4.78, 5) is 18.3. The molecule has 0 aromatic heterocycles. The topological polar surface area (TPSA) is 68.8 Å². The minimum atomic E-state index is -0.0582. The van der Waals surface area contributed by atoms with Crippen molar-refractivity contribution >= 4 is 11.9 Å². The molecule has 0 heterocycles. The average molecular weight is 362 g/mol. The minimum absolute atomic E-state index is 0.0582. The van der Waals surface area contributed by atoms with Crippen LogP contribution < -0.4 is 16.0 Å². The Hall–Kier alpha value is -2.08. The fourth-order valence-electron chi connectivity index (χ4n) is 2.79. The van der Waals surface area contributed by atoms with Gasteiger partial charge < -0.3 is 20.9 Å². The van der Waals surface area contributed by atoms with Gasteiger partial charge in [0, 0.05) is 38.8 Å². The molecule has 1 aromatic rings. The summed E-state index contributed by atoms with van der Waals surface area (Å²) in [5.41, 5.74) is 1.81. The van der Waals surface area contributed by atoms with Crippen LogP contribution in [0.2, 0.25) is 0 Å². The lowest BCUT2D eigenvalue weighted by Crippen LogP contribution is -2.45. The van der Waals surface area contributed by atoms with Gasteiger partial charge in [-0.3, -0.25) is 9.79 Å². The summed E-state index contributed by atoms with van der Waals surface area (Å²) in [6.07, 6.45) is 1.97. The standard InChI is InChI=1S/C20H35N5O/c1-15(2)12-18(25(5)6)14-24-20(22-4)23-11-10-16-8-7-9-17(13-16)19(26)21-3/h7-9,13,15,18H,10-12,14H2,1-6H3,(H,21,26)(H2,22,23,24). The number of carbonyl (C=O) groups excluding carboxylic acids is 1. The van der Waals surface area contributed by atoms with E-state index in [4.69, 9.17) is 0 Å². The van der Waals surface area contributed by atoms with E-state index in [1.807, 2.05) is 24.3 Å². The number of amides is 1. The number of rotatable bonds is 9. The lowest BCUT2D eigenvalue weighted by molar-refractivity contribution is 0.0963. The van der Waals surface area contributed by atoms with E-state index in [1.54, 1.807) is 14.1 Å². The van der Waals surface area contributed by atoms with Crippen molar-refractivity contribution in [2.45, 2.75) is 32.7 Å². The Kier molecular flexibility index (Phi) is 9.73. The fourth-order valence-corrected chi connectivity index (χ4v) is 2.79. The Morgan fingerprint density at radius 3 is 2.54 bits per heavy atom. The minimum Gasteiger partial charge on any atom is -0.356 e. The molecule has 1 amide bonds. The Balaban J connectivity index is 2.48.